The highest BCUT2D eigenvalue weighted by Crippen LogP contribution is 2.39. The number of carbonyl (C=O) groups excluding carboxylic acids is 1. The molecule has 3 aromatic rings. The van der Waals surface area contributed by atoms with Crippen molar-refractivity contribution in [3.05, 3.63) is 63.9 Å². The Morgan fingerprint density at radius 3 is 2.75 bits per heavy atom. The molecule has 4 rings (SSSR count). The van der Waals surface area contributed by atoms with Crippen LogP contribution in [0.25, 0.3) is 0 Å². The van der Waals surface area contributed by atoms with E-state index >= 15 is 0 Å². The molecule has 0 unspecified atom stereocenters. The molecule has 0 saturated heterocycles. The maximum atomic E-state index is 13.5. The fraction of sp³-hybridized carbons (Fsp3) is 0.348. The Bertz CT molecular complexity index is 1150. The molecular weight excluding hydrogens is 446 g/mol. The Kier molecular flexibility index (Phi) is 6.62. The first-order valence-corrected chi connectivity index (χ1v) is 11.8. The minimum Gasteiger partial charge on any atom is -0.495 e. The summed E-state index contributed by atoms with van der Waals surface area (Å²) in [5.41, 5.74) is 7.31. The molecule has 2 heterocycles. The first kappa shape index (κ1) is 22.5. The van der Waals surface area contributed by atoms with E-state index in [1.807, 2.05) is 48.9 Å². The summed E-state index contributed by atoms with van der Waals surface area (Å²) in [7, 11) is 1.58. The zero-order valence-electron chi connectivity index (χ0n) is 18.5. The summed E-state index contributed by atoms with van der Waals surface area (Å²) in [5, 5.41) is 12.4. The lowest BCUT2D eigenvalue weighted by molar-refractivity contribution is -0.116. The average molecular weight is 472 g/mol. The molecule has 1 aliphatic rings. The number of aryl methyl sites for hydroxylation is 3. The molecule has 2 aromatic carbocycles. The van der Waals surface area contributed by atoms with Crippen molar-refractivity contribution in [2.24, 2.45) is 0 Å². The minimum absolute atomic E-state index is 0.113. The van der Waals surface area contributed by atoms with Crippen LogP contribution in [0.4, 0.5) is 5.69 Å². The standard InChI is InChI=1S/C23H26ClN5O2S/c1-5-6-19-26-27-23-29(19)28-20(15-8-10-18(31-4)16(24)12-15)21(32-23)22(30)25-17-9-7-13(2)11-14(17)3/h7-12,20-21,28H,5-6H2,1-4H3,(H,25,30)/t20-,21+/m0/s1. The summed E-state index contributed by atoms with van der Waals surface area (Å²) in [6, 6.07) is 11.2. The van der Waals surface area contributed by atoms with Crippen molar-refractivity contribution in [3.63, 3.8) is 0 Å². The number of hydrogen-bond donors (Lipinski definition) is 2. The normalized spacial score (nSPS) is 17.4. The number of halogens is 1. The Labute approximate surface area is 196 Å². The van der Waals surface area contributed by atoms with Gasteiger partial charge in [-0.25, -0.2) is 4.68 Å². The van der Waals surface area contributed by atoms with Crippen molar-refractivity contribution in [3.8, 4) is 5.75 Å². The van der Waals surface area contributed by atoms with Gasteiger partial charge in [0.05, 0.1) is 18.2 Å². The number of nitrogens with one attached hydrogen (secondary N) is 2. The molecule has 7 nitrogen and oxygen atoms in total. The molecule has 9 heteroatoms. The van der Waals surface area contributed by atoms with Crippen LogP contribution < -0.4 is 15.5 Å². The molecule has 2 N–H and O–H groups in total. The van der Waals surface area contributed by atoms with Gasteiger partial charge in [-0.3, -0.25) is 4.79 Å². The highest BCUT2D eigenvalue weighted by Gasteiger charge is 2.38. The molecule has 0 radical (unpaired) electrons. The second-order valence-corrected chi connectivity index (χ2v) is 9.35. The van der Waals surface area contributed by atoms with Crippen LogP contribution in [0.3, 0.4) is 0 Å². The summed E-state index contributed by atoms with van der Waals surface area (Å²) in [5.74, 6) is 1.32. The SMILES string of the molecule is CCCc1nnc2n1N[C@@H](c1ccc(OC)c(Cl)c1)[C@H](C(=O)Nc1ccc(C)cc1C)S2. The van der Waals surface area contributed by atoms with Crippen molar-refractivity contribution in [1.29, 1.82) is 0 Å². The maximum Gasteiger partial charge on any atom is 0.240 e. The number of rotatable bonds is 6. The van der Waals surface area contributed by atoms with E-state index in [0.717, 1.165) is 41.0 Å². The van der Waals surface area contributed by atoms with Crippen LogP contribution in [0.1, 0.15) is 41.9 Å². The summed E-state index contributed by atoms with van der Waals surface area (Å²) in [4.78, 5) is 13.5. The second-order valence-electron chi connectivity index (χ2n) is 7.83. The number of methoxy groups -OCH3 is 1. The number of ether oxygens (including phenoxy) is 1. The molecular formula is C23H26ClN5O2S. The van der Waals surface area contributed by atoms with Crippen LogP contribution >= 0.6 is 23.4 Å². The van der Waals surface area contributed by atoms with E-state index in [0.29, 0.717) is 15.9 Å². The minimum atomic E-state index is -0.480. The monoisotopic (exact) mass is 471 g/mol. The number of carbonyl (C=O) groups is 1. The van der Waals surface area contributed by atoms with Crippen LogP contribution in [-0.2, 0) is 11.2 Å². The molecule has 0 spiro atoms. The van der Waals surface area contributed by atoms with E-state index in [1.165, 1.54) is 11.8 Å². The number of hydrogen-bond acceptors (Lipinski definition) is 6. The lowest BCUT2D eigenvalue weighted by Gasteiger charge is -2.33. The lowest BCUT2D eigenvalue weighted by Crippen LogP contribution is -2.41. The average Bonchev–Trinajstić information content (AvgIpc) is 3.17. The number of thioether (sulfide) groups is 1. The van der Waals surface area contributed by atoms with E-state index in [-0.39, 0.29) is 11.9 Å². The van der Waals surface area contributed by atoms with Gasteiger partial charge in [0.15, 0.2) is 5.82 Å². The topological polar surface area (TPSA) is 81.1 Å². The Morgan fingerprint density at radius 2 is 2.06 bits per heavy atom. The Balaban J connectivity index is 1.69. The maximum absolute atomic E-state index is 13.5. The van der Waals surface area contributed by atoms with Gasteiger partial charge in [0.25, 0.3) is 0 Å². The van der Waals surface area contributed by atoms with Crippen LogP contribution in [-0.4, -0.2) is 33.1 Å². The van der Waals surface area contributed by atoms with Crippen molar-refractivity contribution >= 4 is 35.0 Å². The number of aromatic nitrogens is 3. The van der Waals surface area contributed by atoms with Crippen LogP contribution in [0.2, 0.25) is 5.02 Å². The van der Waals surface area contributed by atoms with Gasteiger partial charge in [-0.15, -0.1) is 10.2 Å². The van der Waals surface area contributed by atoms with E-state index in [1.54, 1.807) is 7.11 Å². The first-order valence-electron chi connectivity index (χ1n) is 10.5. The third-order valence-corrected chi connectivity index (χ3v) is 6.92. The van der Waals surface area contributed by atoms with Gasteiger partial charge in [-0.2, -0.15) is 0 Å². The van der Waals surface area contributed by atoms with Crippen molar-refractivity contribution in [2.75, 3.05) is 17.9 Å². The van der Waals surface area contributed by atoms with E-state index in [9.17, 15) is 4.79 Å². The predicted molar refractivity (Wildman–Crippen MR) is 128 cm³/mol. The number of amides is 1. The number of anilines is 1. The van der Waals surface area contributed by atoms with Crippen LogP contribution in [0.15, 0.2) is 41.6 Å². The van der Waals surface area contributed by atoms with Gasteiger partial charge < -0.3 is 15.5 Å². The van der Waals surface area contributed by atoms with Crippen molar-refractivity contribution in [1.82, 2.24) is 14.9 Å². The quantitative estimate of drug-likeness (QED) is 0.531. The van der Waals surface area contributed by atoms with Gasteiger partial charge in [-0.1, -0.05) is 54.0 Å². The Hall–Kier alpha value is -2.71. The summed E-state index contributed by atoms with van der Waals surface area (Å²) in [6.45, 7) is 6.12. The van der Waals surface area contributed by atoms with Crippen LogP contribution in [0.5, 0.6) is 5.75 Å². The molecule has 1 amide bonds. The number of nitrogens with zero attached hydrogens (tertiary/aromatic N) is 3. The zero-order valence-corrected chi connectivity index (χ0v) is 20.0. The highest BCUT2D eigenvalue weighted by molar-refractivity contribution is 8.00. The molecule has 1 aromatic heterocycles. The fourth-order valence-electron chi connectivity index (χ4n) is 3.77. The van der Waals surface area contributed by atoms with Gasteiger partial charge in [0.2, 0.25) is 11.1 Å². The lowest BCUT2D eigenvalue weighted by atomic mass is 10.0. The third kappa shape index (κ3) is 4.42. The van der Waals surface area contributed by atoms with Gasteiger partial charge >= 0.3 is 0 Å². The first-order chi connectivity index (χ1) is 15.4. The molecule has 0 fully saturated rings. The number of benzene rings is 2. The summed E-state index contributed by atoms with van der Waals surface area (Å²) in [6.07, 6.45) is 1.73. The van der Waals surface area contributed by atoms with Gasteiger partial charge in [-0.05, 0) is 49.6 Å². The van der Waals surface area contributed by atoms with Gasteiger partial charge in [0, 0.05) is 12.1 Å². The van der Waals surface area contributed by atoms with E-state index in [4.69, 9.17) is 16.3 Å². The smallest absolute Gasteiger partial charge is 0.240 e. The molecule has 0 aliphatic carbocycles. The zero-order chi connectivity index (χ0) is 22.8. The Morgan fingerprint density at radius 1 is 1.25 bits per heavy atom. The van der Waals surface area contributed by atoms with Crippen molar-refractivity contribution < 1.29 is 9.53 Å². The third-order valence-electron chi connectivity index (χ3n) is 5.41. The molecule has 1 aliphatic heterocycles. The second kappa shape index (κ2) is 9.42. The largest absolute Gasteiger partial charge is 0.495 e. The van der Waals surface area contributed by atoms with E-state index < -0.39 is 5.25 Å². The summed E-state index contributed by atoms with van der Waals surface area (Å²) >= 11 is 7.81. The molecule has 168 valence electrons. The van der Waals surface area contributed by atoms with Crippen molar-refractivity contribution in [2.45, 2.75) is 50.1 Å². The van der Waals surface area contributed by atoms with E-state index in [2.05, 4.69) is 33.9 Å². The molecule has 2 atom stereocenters. The van der Waals surface area contributed by atoms with Crippen LogP contribution in [0, 0.1) is 13.8 Å². The molecule has 32 heavy (non-hydrogen) atoms. The number of fused-ring (bicyclic) bond motifs is 1. The molecule has 0 bridgehead atoms. The predicted octanol–water partition coefficient (Wildman–Crippen LogP) is 4.91. The molecule has 0 saturated carbocycles. The van der Waals surface area contributed by atoms with Gasteiger partial charge in [0.1, 0.15) is 11.0 Å². The fourth-order valence-corrected chi connectivity index (χ4v) is 5.13. The summed E-state index contributed by atoms with van der Waals surface area (Å²) < 4.78 is 7.18. The highest BCUT2D eigenvalue weighted by atomic mass is 35.5.